The number of aromatic nitrogens is 1. The summed E-state index contributed by atoms with van der Waals surface area (Å²) in [5.74, 6) is 0. The molecule has 0 amide bonds. The first-order valence-electron chi connectivity index (χ1n) is 4.52. The maximum absolute atomic E-state index is 11.2. The molecule has 16 heavy (non-hydrogen) atoms. The maximum Gasteiger partial charge on any atom is 0.272 e. The quantitative estimate of drug-likeness (QED) is 0.854. The molecule has 2 heterocycles. The van der Waals surface area contributed by atoms with Crippen molar-refractivity contribution in [1.82, 2.24) is 4.98 Å². The Hall–Kier alpha value is -1.66. The lowest BCUT2D eigenvalue weighted by molar-refractivity contribution is 0.452. The third-order valence-electron chi connectivity index (χ3n) is 2.10. The van der Waals surface area contributed by atoms with Gasteiger partial charge in [-0.1, -0.05) is 0 Å². The van der Waals surface area contributed by atoms with E-state index < -0.39 is 10.0 Å². The number of rotatable bonds is 2. The Balaban J connectivity index is 2.62. The second-order valence-electron chi connectivity index (χ2n) is 3.35. The van der Waals surface area contributed by atoms with Crippen LogP contribution < -0.4 is 5.14 Å². The summed E-state index contributed by atoms with van der Waals surface area (Å²) in [7, 11) is -3.84. The van der Waals surface area contributed by atoms with Crippen LogP contribution in [0, 0.1) is 6.92 Å². The van der Waals surface area contributed by atoms with Crippen molar-refractivity contribution in [3.05, 3.63) is 36.4 Å². The molecule has 0 radical (unpaired) electrons. The summed E-state index contributed by atoms with van der Waals surface area (Å²) in [6, 6.07) is 5.03. The van der Waals surface area contributed by atoms with E-state index in [1.807, 2.05) is 6.92 Å². The van der Waals surface area contributed by atoms with Gasteiger partial charge in [0.05, 0.1) is 6.26 Å². The minimum absolute atomic E-state index is 0.224. The monoisotopic (exact) mass is 238 g/mol. The summed E-state index contributed by atoms with van der Waals surface area (Å²) in [6.45, 7) is 1.82. The van der Waals surface area contributed by atoms with Crippen molar-refractivity contribution in [2.24, 2.45) is 5.14 Å². The molecule has 0 spiro atoms. The molecule has 0 aliphatic carbocycles. The number of furan rings is 1. The number of sulfonamides is 1. The van der Waals surface area contributed by atoms with Gasteiger partial charge in [-0.15, -0.1) is 0 Å². The van der Waals surface area contributed by atoms with Crippen molar-refractivity contribution in [2.45, 2.75) is 12.0 Å². The minimum Gasteiger partial charge on any atom is -0.451 e. The highest BCUT2D eigenvalue weighted by Gasteiger charge is 2.19. The molecule has 2 rings (SSSR count). The van der Waals surface area contributed by atoms with Gasteiger partial charge in [0.25, 0.3) is 10.0 Å². The van der Waals surface area contributed by atoms with Gasteiger partial charge in [0, 0.05) is 17.5 Å². The fraction of sp³-hybridized carbons (Fsp3) is 0.100. The van der Waals surface area contributed by atoms with Crippen molar-refractivity contribution >= 4 is 10.0 Å². The molecule has 0 aromatic carbocycles. The Labute approximate surface area is 93.0 Å². The molecule has 2 N–H and O–H groups in total. The van der Waals surface area contributed by atoms with E-state index in [4.69, 9.17) is 9.56 Å². The van der Waals surface area contributed by atoms with Crippen LogP contribution in [-0.4, -0.2) is 13.4 Å². The molecular formula is C10H10N2O3S. The van der Waals surface area contributed by atoms with Crippen molar-refractivity contribution in [1.29, 1.82) is 0 Å². The number of primary sulfonamides is 1. The second-order valence-corrected chi connectivity index (χ2v) is 4.81. The number of pyridine rings is 1. The SMILES string of the molecule is Cc1cc(-c2ccoc2S(N)(=O)=O)ccn1. The van der Waals surface area contributed by atoms with Gasteiger partial charge >= 0.3 is 0 Å². The van der Waals surface area contributed by atoms with Crippen LogP contribution in [0.3, 0.4) is 0 Å². The maximum atomic E-state index is 11.2. The van der Waals surface area contributed by atoms with Gasteiger partial charge in [-0.3, -0.25) is 4.98 Å². The van der Waals surface area contributed by atoms with E-state index >= 15 is 0 Å². The molecule has 0 saturated heterocycles. The summed E-state index contributed by atoms with van der Waals surface area (Å²) in [5.41, 5.74) is 1.96. The number of nitrogens with two attached hydrogens (primary N) is 1. The highest BCUT2D eigenvalue weighted by molar-refractivity contribution is 7.89. The number of aryl methyl sites for hydroxylation is 1. The Bertz CT molecular complexity index is 616. The van der Waals surface area contributed by atoms with Gasteiger partial charge in [0.2, 0.25) is 5.09 Å². The van der Waals surface area contributed by atoms with Gasteiger partial charge in [-0.25, -0.2) is 13.6 Å². The van der Waals surface area contributed by atoms with Gasteiger partial charge in [-0.2, -0.15) is 0 Å². The molecule has 5 nitrogen and oxygen atoms in total. The van der Waals surface area contributed by atoms with Crippen LogP contribution in [0.5, 0.6) is 0 Å². The topological polar surface area (TPSA) is 86.2 Å². The third-order valence-corrected chi connectivity index (χ3v) is 2.93. The molecule has 6 heteroatoms. The Kier molecular flexibility index (Phi) is 2.53. The Morgan fingerprint density at radius 3 is 2.75 bits per heavy atom. The summed E-state index contributed by atoms with van der Waals surface area (Å²) >= 11 is 0. The lowest BCUT2D eigenvalue weighted by Crippen LogP contribution is -2.12. The van der Waals surface area contributed by atoms with Crippen molar-refractivity contribution in [3.8, 4) is 11.1 Å². The molecule has 2 aromatic rings. The van der Waals surface area contributed by atoms with E-state index in [2.05, 4.69) is 4.98 Å². The smallest absolute Gasteiger partial charge is 0.272 e. The average Bonchev–Trinajstić information content (AvgIpc) is 2.65. The number of nitrogens with zero attached hydrogens (tertiary/aromatic N) is 1. The van der Waals surface area contributed by atoms with Gasteiger partial charge in [-0.05, 0) is 30.7 Å². The first-order chi connectivity index (χ1) is 7.48. The molecule has 0 bridgehead atoms. The molecule has 0 atom stereocenters. The van der Waals surface area contributed by atoms with Gasteiger partial charge < -0.3 is 4.42 Å². The summed E-state index contributed by atoms with van der Waals surface area (Å²) in [6.07, 6.45) is 2.90. The summed E-state index contributed by atoms with van der Waals surface area (Å²) in [4.78, 5) is 4.03. The predicted molar refractivity (Wildman–Crippen MR) is 58.0 cm³/mol. The Morgan fingerprint density at radius 1 is 1.38 bits per heavy atom. The van der Waals surface area contributed by atoms with Gasteiger partial charge in [0.1, 0.15) is 0 Å². The fourth-order valence-electron chi connectivity index (χ4n) is 1.44. The molecule has 0 fully saturated rings. The second kappa shape index (κ2) is 3.73. The lowest BCUT2D eigenvalue weighted by atomic mass is 10.1. The molecular weight excluding hydrogens is 228 g/mol. The number of hydrogen-bond donors (Lipinski definition) is 1. The molecule has 0 unspecified atom stereocenters. The number of hydrogen-bond acceptors (Lipinski definition) is 4. The molecule has 0 aliphatic heterocycles. The summed E-state index contributed by atoms with van der Waals surface area (Å²) in [5, 5.41) is 4.82. The molecule has 84 valence electrons. The third kappa shape index (κ3) is 1.98. The van der Waals surface area contributed by atoms with E-state index in [1.165, 1.54) is 6.26 Å². The molecule has 0 aliphatic rings. The zero-order valence-electron chi connectivity index (χ0n) is 8.54. The van der Waals surface area contributed by atoms with Gasteiger partial charge in [0.15, 0.2) is 0 Å². The van der Waals surface area contributed by atoms with Crippen LogP contribution in [0.1, 0.15) is 5.69 Å². The highest BCUT2D eigenvalue weighted by Crippen LogP contribution is 2.27. The highest BCUT2D eigenvalue weighted by atomic mass is 32.2. The standard InChI is InChI=1S/C10H10N2O3S/c1-7-6-8(2-4-12-7)9-3-5-15-10(9)16(11,13)14/h2-6H,1H3,(H2,11,13,14). The first kappa shape index (κ1) is 10.8. The zero-order valence-corrected chi connectivity index (χ0v) is 9.36. The van der Waals surface area contributed by atoms with E-state index in [1.54, 1.807) is 24.4 Å². The van der Waals surface area contributed by atoms with Crippen LogP contribution in [0.15, 0.2) is 40.2 Å². The van der Waals surface area contributed by atoms with Crippen LogP contribution in [0.25, 0.3) is 11.1 Å². The fourth-order valence-corrected chi connectivity index (χ4v) is 2.12. The minimum atomic E-state index is -3.84. The predicted octanol–water partition coefficient (Wildman–Crippen LogP) is 1.30. The van der Waals surface area contributed by atoms with Crippen molar-refractivity contribution < 1.29 is 12.8 Å². The van der Waals surface area contributed by atoms with Crippen molar-refractivity contribution in [3.63, 3.8) is 0 Å². The Morgan fingerprint density at radius 2 is 2.12 bits per heavy atom. The average molecular weight is 238 g/mol. The van der Waals surface area contributed by atoms with Crippen LogP contribution in [0.2, 0.25) is 0 Å². The molecule has 2 aromatic heterocycles. The van der Waals surface area contributed by atoms with E-state index in [-0.39, 0.29) is 5.09 Å². The van der Waals surface area contributed by atoms with Crippen molar-refractivity contribution in [2.75, 3.05) is 0 Å². The molecule has 0 saturated carbocycles. The van der Waals surface area contributed by atoms with Crippen LogP contribution in [0.4, 0.5) is 0 Å². The van der Waals surface area contributed by atoms with Crippen LogP contribution in [-0.2, 0) is 10.0 Å². The summed E-state index contributed by atoms with van der Waals surface area (Å²) < 4.78 is 27.4. The van der Waals surface area contributed by atoms with E-state index in [9.17, 15) is 8.42 Å². The zero-order chi connectivity index (χ0) is 11.8. The lowest BCUT2D eigenvalue weighted by Gasteiger charge is -2.01. The first-order valence-corrected chi connectivity index (χ1v) is 6.06. The van der Waals surface area contributed by atoms with E-state index in [0.29, 0.717) is 11.1 Å². The largest absolute Gasteiger partial charge is 0.451 e. The van der Waals surface area contributed by atoms with E-state index in [0.717, 1.165) is 5.69 Å². The van der Waals surface area contributed by atoms with Crippen LogP contribution >= 0.6 is 0 Å². The normalized spacial score (nSPS) is 11.6.